The van der Waals surface area contributed by atoms with Gasteiger partial charge in [0.15, 0.2) is 0 Å². The van der Waals surface area contributed by atoms with Crippen LogP contribution in [0.5, 0.6) is 0 Å². The van der Waals surface area contributed by atoms with Gasteiger partial charge < -0.3 is 0 Å². The molecule has 0 aliphatic rings. The van der Waals surface area contributed by atoms with E-state index in [0.29, 0.717) is 19.3 Å². The van der Waals surface area contributed by atoms with Crippen LogP contribution in [0.3, 0.4) is 0 Å². The molecule has 2 unspecified atom stereocenters. The van der Waals surface area contributed by atoms with Gasteiger partial charge in [0.25, 0.3) is 20.2 Å². The minimum absolute atomic E-state index is 0.0481. The lowest BCUT2D eigenvalue weighted by atomic mass is 10.1. The van der Waals surface area contributed by atoms with E-state index >= 15 is 0 Å². The van der Waals surface area contributed by atoms with Crippen molar-refractivity contribution in [3.05, 3.63) is 59.7 Å². The Morgan fingerprint density at radius 3 is 1.52 bits per heavy atom. The topological polar surface area (TPSA) is 86.7 Å². The van der Waals surface area contributed by atoms with Crippen LogP contribution in [0.1, 0.15) is 51.2 Å². The van der Waals surface area contributed by atoms with Crippen LogP contribution in [0.4, 0.5) is 0 Å². The summed E-state index contributed by atoms with van der Waals surface area (Å²) in [5.41, 5.74) is 1.86. The fourth-order valence-electron chi connectivity index (χ4n) is 2.97. The highest BCUT2D eigenvalue weighted by atomic mass is 32.2. The summed E-state index contributed by atoms with van der Waals surface area (Å²) in [5, 5.41) is 0. The standard InChI is InChI=1S/C25H32O6S2/c1-6-7-22(30-32(26,27)24-14-8-20(4)9-15-24)12-13-23(18-19(2)3)31-33(28,29)25-16-10-21(5)11-17-25/h8-11,14-17,19,22-23H,6-7,18H2,1-5H3. The number of aryl methyl sites for hydroxylation is 2. The first-order valence-electron chi connectivity index (χ1n) is 10.9. The zero-order valence-corrected chi connectivity index (χ0v) is 21.4. The third kappa shape index (κ3) is 8.59. The summed E-state index contributed by atoms with van der Waals surface area (Å²) in [7, 11) is -8.04. The molecule has 2 rings (SSSR count). The number of benzene rings is 2. The van der Waals surface area contributed by atoms with Crippen molar-refractivity contribution in [1.29, 1.82) is 0 Å². The molecule has 0 bridgehead atoms. The van der Waals surface area contributed by atoms with Gasteiger partial charge in [-0.1, -0.05) is 74.4 Å². The average molecular weight is 493 g/mol. The van der Waals surface area contributed by atoms with Crippen molar-refractivity contribution in [2.45, 2.75) is 75.9 Å². The first-order valence-corrected chi connectivity index (χ1v) is 13.8. The Labute approximate surface area is 198 Å². The Morgan fingerprint density at radius 2 is 1.12 bits per heavy atom. The van der Waals surface area contributed by atoms with Crippen molar-refractivity contribution < 1.29 is 25.2 Å². The molecule has 2 atom stereocenters. The average Bonchev–Trinajstić information content (AvgIpc) is 2.72. The first-order chi connectivity index (χ1) is 15.4. The summed E-state index contributed by atoms with van der Waals surface area (Å²) in [5.74, 6) is 5.73. The molecule has 33 heavy (non-hydrogen) atoms. The van der Waals surface area contributed by atoms with Crippen LogP contribution in [-0.2, 0) is 28.6 Å². The SMILES string of the molecule is CCCC(C#CC(CC(C)C)OS(=O)(=O)c1ccc(C)cc1)OS(=O)(=O)c1ccc(C)cc1. The molecule has 0 aliphatic heterocycles. The van der Waals surface area contributed by atoms with Gasteiger partial charge in [0.2, 0.25) is 0 Å². The van der Waals surface area contributed by atoms with E-state index < -0.39 is 32.4 Å². The summed E-state index contributed by atoms with van der Waals surface area (Å²) in [6.45, 7) is 9.47. The van der Waals surface area contributed by atoms with Crippen molar-refractivity contribution in [2.24, 2.45) is 5.92 Å². The minimum Gasteiger partial charge on any atom is -0.250 e. The predicted molar refractivity (Wildman–Crippen MR) is 129 cm³/mol. The number of hydrogen-bond donors (Lipinski definition) is 0. The van der Waals surface area contributed by atoms with Crippen LogP contribution in [0.15, 0.2) is 58.3 Å². The maximum atomic E-state index is 12.7. The highest BCUT2D eigenvalue weighted by molar-refractivity contribution is 7.87. The second-order valence-corrected chi connectivity index (χ2v) is 11.6. The second-order valence-electron chi connectivity index (χ2n) is 8.41. The zero-order valence-electron chi connectivity index (χ0n) is 19.7. The van der Waals surface area contributed by atoms with Gasteiger partial charge in [-0.3, -0.25) is 0 Å². The fraction of sp³-hybridized carbons (Fsp3) is 0.440. The van der Waals surface area contributed by atoms with E-state index in [1.54, 1.807) is 24.3 Å². The Bertz CT molecular complexity index is 1170. The van der Waals surface area contributed by atoms with E-state index in [-0.39, 0.29) is 15.7 Å². The Hall–Kier alpha value is -2.18. The maximum absolute atomic E-state index is 12.7. The van der Waals surface area contributed by atoms with Crippen LogP contribution in [0.25, 0.3) is 0 Å². The molecule has 0 radical (unpaired) electrons. The van der Waals surface area contributed by atoms with Crippen molar-refractivity contribution >= 4 is 20.2 Å². The first kappa shape index (κ1) is 27.1. The molecule has 0 saturated carbocycles. The molecule has 0 aliphatic carbocycles. The fourth-order valence-corrected chi connectivity index (χ4v) is 5.01. The summed E-state index contributed by atoms with van der Waals surface area (Å²) >= 11 is 0. The summed E-state index contributed by atoms with van der Waals surface area (Å²) in [6, 6.07) is 12.7. The van der Waals surface area contributed by atoms with Gasteiger partial charge in [-0.15, -0.1) is 0 Å². The number of rotatable bonds is 10. The summed E-state index contributed by atoms with van der Waals surface area (Å²) in [6.07, 6.45) is -0.470. The molecular weight excluding hydrogens is 460 g/mol. The monoisotopic (exact) mass is 492 g/mol. The molecule has 0 saturated heterocycles. The van der Waals surface area contributed by atoms with Crippen molar-refractivity contribution in [3.8, 4) is 11.8 Å². The molecular formula is C25H32O6S2. The molecule has 0 spiro atoms. The molecule has 0 fully saturated rings. The Balaban J connectivity index is 2.26. The summed E-state index contributed by atoms with van der Waals surface area (Å²) < 4.78 is 61.6. The molecule has 0 N–H and O–H groups in total. The van der Waals surface area contributed by atoms with Gasteiger partial charge >= 0.3 is 0 Å². The summed E-state index contributed by atoms with van der Waals surface area (Å²) in [4.78, 5) is 0.0971. The van der Waals surface area contributed by atoms with E-state index in [2.05, 4.69) is 11.8 Å². The van der Waals surface area contributed by atoms with Crippen LogP contribution in [0.2, 0.25) is 0 Å². The third-order valence-electron chi connectivity index (χ3n) is 4.75. The quantitative estimate of drug-likeness (QED) is 0.343. The molecule has 0 amide bonds. The van der Waals surface area contributed by atoms with E-state index in [1.165, 1.54) is 24.3 Å². The normalized spacial score (nSPS) is 13.9. The molecule has 0 heterocycles. The molecule has 8 heteroatoms. The van der Waals surface area contributed by atoms with Crippen LogP contribution in [-0.4, -0.2) is 29.0 Å². The third-order valence-corrected chi connectivity index (χ3v) is 7.42. The Morgan fingerprint density at radius 1 is 0.727 bits per heavy atom. The van der Waals surface area contributed by atoms with Crippen LogP contribution < -0.4 is 0 Å². The Kier molecular flexibility index (Phi) is 9.68. The predicted octanol–water partition coefficient (Wildman–Crippen LogP) is 5.00. The number of hydrogen-bond acceptors (Lipinski definition) is 6. The highest BCUT2D eigenvalue weighted by Crippen LogP contribution is 2.20. The molecule has 180 valence electrons. The molecule has 2 aromatic carbocycles. The van der Waals surface area contributed by atoms with Crippen LogP contribution in [0, 0.1) is 31.6 Å². The van der Waals surface area contributed by atoms with Gasteiger partial charge in [0, 0.05) is 0 Å². The lowest BCUT2D eigenvalue weighted by Gasteiger charge is -2.16. The van der Waals surface area contributed by atoms with E-state index in [9.17, 15) is 16.8 Å². The largest absolute Gasteiger partial charge is 0.298 e. The van der Waals surface area contributed by atoms with Crippen molar-refractivity contribution in [1.82, 2.24) is 0 Å². The van der Waals surface area contributed by atoms with Gasteiger partial charge in [-0.05, 0) is 56.9 Å². The minimum atomic E-state index is -4.03. The van der Waals surface area contributed by atoms with E-state index in [0.717, 1.165) is 11.1 Å². The van der Waals surface area contributed by atoms with Gasteiger partial charge in [0.05, 0.1) is 9.79 Å². The molecule has 6 nitrogen and oxygen atoms in total. The van der Waals surface area contributed by atoms with Gasteiger partial charge in [-0.25, -0.2) is 8.37 Å². The highest BCUT2D eigenvalue weighted by Gasteiger charge is 2.23. The zero-order chi connectivity index (χ0) is 24.6. The van der Waals surface area contributed by atoms with E-state index in [1.807, 2.05) is 34.6 Å². The van der Waals surface area contributed by atoms with Crippen molar-refractivity contribution in [2.75, 3.05) is 0 Å². The smallest absolute Gasteiger partial charge is 0.250 e. The second kappa shape index (κ2) is 11.8. The van der Waals surface area contributed by atoms with Crippen LogP contribution >= 0.6 is 0 Å². The lowest BCUT2D eigenvalue weighted by Crippen LogP contribution is -2.21. The lowest BCUT2D eigenvalue weighted by molar-refractivity contribution is 0.230. The molecule has 0 aromatic heterocycles. The van der Waals surface area contributed by atoms with E-state index in [4.69, 9.17) is 8.37 Å². The maximum Gasteiger partial charge on any atom is 0.298 e. The van der Waals surface area contributed by atoms with Crippen molar-refractivity contribution in [3.63, 3.8) is 0 Å². The van der Waals surface area contributed by atoms with Gasteiger partial charge in [-0.2, -0.15) is 16.8 Å². The van der Waals surface area contributed by atoms with Gasteiger partial charge in [0.1, 0.15) is 12.2 Å². The molecule has 2 aromatic rings.